The van der Waals surface area contributed by atoms with E-state index in [1.54, 1.807) is 0 Å². The largest absolute Gasteiger partial charge is 0.296 e. The van der Waals surface area contributed by atoms with E-state index in [1.165, 1.54) is 41.2 Å². The standard InChI is InChI=1S/C21H20N4O3S2/c1-4-12-22-30(27,28)18-7-5-6-17(13-18)19(26)23-21-25-24-20(29-21)16-10-8-15(9-11-16)14(2)3/h1,5-11,13-14,22H,12H2,2-3H3,(H,23,25,26). The smallest absolute Gasteiger partial charge is 0.257 e. The van der Waals surface area contributed by atoms with Gasteiger partial charge in [0.1, 0.15) is 5.01 Å². The topological polar surface area (TPSA) is 101 Å². The molecule has 0 aliphatic rings. The van der Waals surface area contributed by atoms with Crippen molar-refractivity contribution in [2.45, 2.75) is 24.7 Å². The fraction of sp³-hybridized carbons (Fsp3) is 0.190. The number of carbonyl (C=O) groups is 1. The zero-order chi connectivity index (χ0) is 21.7. The third-order valence-corrected chi connectivity index (χ3v) is 6.53. The van der Waals surface area contributed by atoms with Crippen LogP contribution in [0.1, 0.15) is 35.7 Å². The van der Waals surface area contributed by atoms with Crippen molar-refractivity contribution in [3.05, 3.63) is 59.7 Å². The van der Waals surface area contributed by atoms with Crippen molar-refractivity contribution in [1.82, 2.24) is 14.9 Å². The number of rotatable bonds is 7. The number of anilines is 1. The summed E-state index contributed by atoms with van der Waals surface area (Å²) in [5.74, 6) is 2.15. The zero-order valence-corrected chi connectivity index (χ0v) is 18.0. The molecule has 0 unspecified atom stereocenters. The number of sulfonamides is 1. The van der Waals surface area contributed by atoms with Gasteiger partial charge in [-0.15, -0.1) is 16.6 Å². The van der Waals surface area contributed by atoms with Crippen molar-refractivity contribution >= 4 is 32.4 Å². The summed E-state index contributed by atoms with van der Waals surface area (Å²) < 4.78 is 26.6. The highest BCUT2D eigenvalue weighted by Gasteiger charge is 2.17. The van der Waals surface area contributed by atoms with Gasteiger partial charge in [-0.25, -0.2) is 8.42 Å². The van der Waals surface area contributed by atoms with E-state index >= 15 is 0 Å². The van der Waals surface area contributed by atoms with Crippen LogP contribution in [0.15, 0.2) is 53.4 Å². The second kappa shape index (κ2) is 9.17. The van der Waals surface area contributed by atoms with Crippen molar-refractivity contribution in [2.24, 2.45) is 0 Å². The van der Waals surface area contributed by atoms with Gasteiger partial charge >= 0.3 is 0 Å². The molecule has 3 rings (SSSR count). The number of benzene rings is 2. The number of carbonyl (C=O) groups excluding carboxylic acids is 1. The Kier molecular flexibility index (Phi) is 6.62. The summed E-state index contributed by atoms with van der Waals surface area (Å²) in [5, 5.41) is 11.8. The number of nitrogens with one attached hydrogen (secondary N) is 2. The van der Waals surface area contributed by atoms with Gasteiger partial charge in [0.2, 0.25) is 15.2 Å². The second-order valence-corrected chi connectivity index (χ2v) is 9.44. The molecule has 154 valence electrons. The van der Waals surface area contributed by atoms with Crippen molar-refractivity contribution in [3.8, 4) is 22.9 Å². The van der Waals surface area contributed by atoms with Gasteiger partial charge in [0, 0.05) is 11.1 Å². The predicted molar refractivity (Wildman–Crippen MR) is 118 cm³/mol. The monoisotopic (exact) mass is 440 g/mol. The molecule has 30 heavy (non-hydrogen) atoms. The lowest BCUT2D eigenvalue weighted by atomic mass is 10.0. The molecule has 0 saturated carbocycles. The normalized spacial score (nSPS) is 11.3. The van der Waals surface area contributed by atoms with E-state index in [0.29, 0.717) is 16.1 Å². The molecule has 3 aromatic rings. The molecule has 1 amide bonds. The molecule has 2 aromatic carbocycles. The van der Waals surface area contributed by atoms with Gasteiger partial charge in [0.05, 0.1) is 11.4 Å². The maximum absolute atomic E-state index is 12.6. The summed E-state index contributed by atoms with van der Waals surface area (Å²) in [5.41, 5.74) is 2.31. The number of hydrogen-bond donors (Lipinski definition) is 2. The maximum Gasteiger partial charge on any atom is 0.257 e. The first-order valence-electron chi connectivity index (χ1n) is 9.08. The Morgan fingerprint density at radius 2 is 1.90 bits per heavy atom. The summed E-state index contributed by atoms with van der Waals surface area (Å²) in [6.07, 6.45) is 5.09. The molecule has 9 heteroatoms. The van der Waals surface area contributed by atoms with Gasteiger partial charge in [0.25, 0.3) is 5.91 Å². The van der Waals surface area contributed by atoms with Crippen LogP contribution in [0.3, 0.4) is 0 Å². The highest BCUT2D eigenvalue weighted by molar-refractivity contribution is 7.89. The fourth-order valence-corrected chi connectivity index (χ4v) is 4.32. The number of nitrogens with zero attached hydrogens (tertiary/aromatic N) is 2. The first-order chi connectivity index (χ1) is 14.3. The van der Waals surface area contributed by atoms with Crippen LogP contribution in [0, 0.1) is 12.3 Å². The molecule has 0 atom stereocenters. The molecule has 0 aliphatic heterocycles. The second-order valence-electron chi connectivity index (χ2n) is 6.70. The van der Waals surface area contributed by atoms with Crippen molar-refractivity contribution in [3.63, 3.8) is 0 Å². The maximum atomic E-state index is 12.6. The van der Waals surface area contributed by atoms with Crippen LogP contribution in [0.2, 0.25) is 0 Å². The molecule has 1 heterocycles. The molecule has 0 saturated heterocycles. The Hall–Kier alpha value is -3.06. The highest BCUT2D eigenvalue weighted by Crippen LogP contribution is 2.28. The molecule has 7 nitrogen and oxygen atoms in total. The third-order valence-electron chi connectivity index (χ3n) is 4.24. The Labute approximate surface area is 179 Å². The lowest BCUT2D eigenvalue weighted by molar-refractivity contribution is 0.102. The summed E-state index contributed by atoms with van der Waals surface area (Å²) in [6.45, 7) is 4.11. The molecule has 0 fully saturated rings. The van der Waals surface area contributed by atoms with Crippen LogP contribution >= 0.6 is 11.3 Å². The first-order valence-corrected chi connectivity index (χ1v) is 11.4. The SMILES string of the molecule is C#CCNS(=O)(=O)c1cccc(C(=O)Nc2nnc(-c3ccc(C(C)C)cc3)s2)c1. The zero-order valence-electron chi connectivity index (χ0n) is 16.4. The van der Waals surface area contributed by atoms with Crippen LogP contribution in [0.25, 0.3) is 10.6 Å². The number of terminal acetylenes is 1. The molecule has 0 radical (unpaired) electrons. The van der Waals surface area contributed by atoms with Crippen LogP contribution < -0.4 is 10.0 Å². The van der Waals surface area contributed by atoms with Crippen molar-refractivity contribution in [1.29, 1.82) is 0 Å². The average molecular weight is 441 g/mol. The highest BCUT2D eigenvalue weighted by atomic mass is 32.2. The van der Waals surface area contributed by atoms with Crippen LogP contribution in [-0.4, -0.2) is 31.1 Å². The van der Waals surface area contributed by atoms with E-state index in [0.717, 1.165) is 5.56 Å². The van der Waals surface area contributed by atoms with E-state index in [2.05, 4.69) is 40.0 Å². The summed E-state index contributed by atoms with van der Waals surface area (Å²) in [7, 11) is -3.79. The lowest BCUT2D eigenvalue weighted by Crippen LogP contribution is -2.24. The number of aromatic nitrogens is 2. The molecule has 0 bridgehead atoms. The van der Waals surface area contributed by atoms with Gasteiger partial charge in [-0.2, -0.15) is 4.72 Å². The van der Waals surface area contributed by atoms with Crippen LogP contribution in [-0.2, 0) is 10.0 Å². The predicted octanol–water partition coefficient (Wildman–Crippen LogP) is 3.49. The van der Waals surface area contributed by atoms with Crippen molar-refractivity contribution < 1.29 is 13.2 Å². The average Bonchev–Trinajstić information content (AvgIpc) is 3.21. The Morgan fingerprint density at radius 3 is 2.57 bits per heavy atom. The minimum absolute atomic E-state index is 0.0476. The Bertz CT molecular complexity index is 1190. The van der Waals surface area contributed by atoms with Crippen LogP contribution in [0.5, 0.6) is 0 Å². The molecular weight excluding hydrogens is 420 g/mol. The molecule has 0 aliphatic carbocycles. The number of hydrogen-bond acceptors (Lipinski definition) is 6. The summed E-state index contributed by atoms with van der Waals surface area (Å²) in [6, 6.07) is 13.7. The first kappa shape index (κ1) is 21.6. The third kappa shape index (κ3) is 5.10. The number of amides is 1. The van der Waals surface area contributed by atoms with Crippen LogP contribution in [0.4, 0.5) is 5.13 Å². The van der Waals surface area contributed by atoms with Gasteiger partial charge in [-0.05, 0) is 29.7 Å². The van der Waals surface area contributed by atoms with E-state index in [9.17, 15) is 13.2 Å². The molecule has 0 spiro atoms. The molecule has 2 N–H and O–H groups in total. The lowest BCUT2D eigenvalue weighted by Gasteiger charge is -2.06. The minimum Gasteiger partial charge on any atom is -0.296 e. The van der Waals surface area contributed by atoms with Gasteiger partial charge < -0.3 is 0 Å². The van der Waals surface area contributed by atoms with E-state index in [1.807, 2.05) is 24.3 Å². The van der Waals surface area contributed by atoms with Gasteiger partial charge in [-0.1, -0.05) is 61.4 Å². The van der Waals surface area contributed by atoms with Gasteiger partial charge in [0.15, 0.2) is 0 Å². The fourth-order valence-electron chi connectivity index (χ4n) is 2.59. The molecule has 1 aromatic heterocycles. The quantitative estimate of drug-likeness (QED) is 0.548. The van der Waals surface area contributed by atoms with E-state index < -0.39 is 15.9 Å². The van der Waals surface area contributed by atoms with Crippen molar-refractivity contribution in [2.75, 3.05) is 11.9 Å². The molecular formula is C21H20N4O3S2. The van der Waals surface area contributed by atoms with E-state index in [4.69, 9.17) is 6.42 Å². The minimum atomic E-state index is -3.79. The summed E-state index contributed by atoms with van der Waals surface area (Å²) >= 11 is 1.24. The summed E-state index contributed by atoms with van der Waals surface area (Å²) in [4.78, 5) is 12.5. The Balaban J connectivity index is 1.74. The van der Waals surface area contributed by atoms with Gasteiger partial charge in [-0.3, -0.25) is 10.1 Å². The Morgan fingerprint density at radius 1 is 1.17 bits per heavy atom. The van der Waals surface area contributed by atoms with E-state index in [-0.39, 0.29) is 17.0 Å².